The lowest BCUT2D eigenvalue weighted by Crippen LogP contribution is -2.19. The van der Waals surface area contributed by atoms with Gasteiger partial charge in [0.1, 0.15) is 5.56 Å². The van der Waals surface area contributed by atoms with Gasteiger partial charge < -0.3 is 5.11 Å². The molecule has 0 aliphatic heterocycles. The molecule has 0 fully saturated rings. The number of nitro groups is 2. The van der Waals surface area contributed by atoms with Gasteiger partial charge in [-0.15, -0.1) is 0 Å². The zero-order valence-electron chi connectivity index (χ0n) is 12.2. The number of nitro benzene ring substituents is 2. The van der Waals surface area contributed by atoms with Gasteiger partial charge in [0.05, 0.1) is 16.1 Å². The van der Waals surface area contributed by atoms with E-state index in [-0.39, 0.29) is 16.1 Å². The van der Waals surface area contributed by atoms with E-state index < -0.39 is 32.9 Å². The van der Waals surface area contributed by atoms with Crippen LogP contribution in [-0.4, -0.2) is 22.0 Å². The molecule has 0 radical (unpaired) electrons. The second-order valence-corrected chi connectivity index (χ2v) is 5.01. The van der Waals surface area contributed by atoms with Crippen molar-refractivity contribution in [3.63, 3.8) is 0 Å². The topological polar surface area (TPSA) is 151 Å². The molecule has 0 saturated heterocycles. The quantitative estimate of drug-likeness (QED) is 0.487. The van der Waals surface area contributed by atoms with Crippen molar-refractivity contribution < 1.29 is 19.7 Å². The zero-order valence-corrected chi connectivity index (χ0v) is 13.0. The van der Waals surface area contributed by atoms with Crippen LogP contribution in [0.1, 0.15) is 15.9 Å². The summed E-state index contributed by atoms with van der Waals surface area (Å²) in [5.74, 6) is -1.81. The van der Waals surface area contributed by atoms with Crippen molar-refractivity contribution in [2.75, 3.05) is 0 Å². The third-order valence-electron chi connectivity index (χ3n) is 2.97. The van der Waals surface area contributed by atoms with Crippen LogP contribution in [0.4, 0.5) is 11.4 Å². The summed E-state index contributed by atoms with van der Waals surface area (Å²) in [5.41, 5.74) is 0.404. The largest absolute Gasteiger partial charge is 0.867 e. The molecule has 2 aromatic rings. The Morgan fingerprint density at radius 1 is 1.12 bits per heavy atom. The second-order valence-electron chi connectivity index (χ2n) is 4.57. The molecule has 0 aliphatic rings. The Balaban J connectivity index is 2.24. The number of nitrogens with one attached hydrogen (secondary N) is 1. The van der Waals surface area contributed by atoms with E-state index in [0.29, 0.717) is 0 Å². The Bertz CT molecular complexity index is 899. The van der Waals surface area contributed by atoms with Crippen molar-refractivity contribution in [2.24, 2.45) is 5.10 Å². The van der Waals surface area contributed by atoms with Gasteiger partial charge in [0.15, 0.2) is 0 Å². The average molecular weight is 364 g/mol. The van der Waals surface area contributed by atoms with Gasteiger partial charge in [-0.25, -0.2) is 5.43 Å². The highest BCUT2D eigenvalue weighted by Gasteiger charge is 2.18. The van der Waals surface area contributed by atoms with E-state index in [0.717, 1.165) is 24.4 Å². The third kappa shape index (κ3) is 4.06. The number of carbonyl (C=O) groups excluding carboxylic acids is 1. The number of hydrogen-bond acceptors (Lipinski definition) is 7. The SMILES string of the molecule is O=C(N/N=C\c1cc(Cl)cc([N+](=O)[O-])c1[O-])c1ccccc1[N+](=O)[O-]. The van der Waals surface area contributed by atoms with Crippen LogP contribution in [0.25, 0.3) is 0 Å². The molecule has 0 saturated carbocycles. The maximum Gasteiger partial charge on any atom is 0.282 e. The number of amides is 1. The Morgan fingerprint density at radius 3 is 2.40 bits per heavy atom. The Morgan fingerprint density at radius 2 is 1.76 bits per heavy atom. The predicted octanol–water partition coefficient (Wildman–Crippen LogP) is 1.99. The summed E-state index contributed by atoms with van der Waals surface area (Å²) >= 11 is 5.69. The van der Waals surface area contributed by atoms with Gasteiger partial charge in [0.2, 0.25) is 0 Å². The summed E-state index contributed by atoms with van der Waals surface area (Å²) in [5, 5.41) is 36.9. The molecule has 1 amide bonds. The van der Waals surface area contributed by atoms with Crippen LogP contribution in [0.15, 0.2) is 41.5 Å². The van der Waals surface area contributed by atoms with E-state index in [9.17, 15) is 30.1 Å². The Labute approximate surface area is 144 Å². The molecular weight excluding hydrogens is 356 g/mol. The number of halogens is 1. The maximum atomic E-state index is 11.9. The van der Waals surface area contributed by atoms with Crippen molar-refractivity contribution in [1.82, 2.24) is 5.43 Å². The first-order valence-corrected chi connectivity index (χ1v) is 6.91. The normalized spacial score (nSPS) is 10.6. The number of para-hydroxylation sites is 1. The summed E-state index contributed by atoms with van der Waals surface area (Å²) in [6.07, 6.45) is 0.869. The molecule has 0 atom stereocenters. The molecular formula is C14H8ClN4O6-. The lowest BCUT2D eigenvalue weighted by atomic mass is 10.2. The number of nitrogens with zero attached hydrogens (tertiary/aromatic N) is 3. The summed E-state index contributed by atoms with van der Waals surface area (Å²) in [7, 11) is 0. The Kier molecular flexibility index (Phi) is 5.25. The first-order chi connectivity index (χ1) is 11.8. The summed E-state index contributed by atoms with van der Waals surface area (Å²) in [4.78, 5) is 32.0. The molecule has 128 valence electrons. The summed E-state index contributed by atoms with van der Waals surface area (Å²) in [6.45, 7) is 0. The minimum atomic E-state index is -0.932. The van der Waals surface area contributed by atoms with Gasteiger partial charge in [-0.1, -0.05) is 23.7 Å². The van der Waals surface area contributed by atoms with Crippen molar-refractivity contribution >= 4 is 35.1 Å². The summed E-state index contributed by atoms with van der Waals surface area (Å²) in [6, 6.07) is 7.24. The van der Waals surface area contributed by atoms with E-state index in [1.807, 2.05) is 5.43 Å². The van der Waals surface area contributed by atoms with Crippen LogP contribution in [-0.2, 0) is 0 Å². The van der Waals surface area contributed by atoms with Crippen LogP contribution in [0.3, 0.4) is 0 Å². The van der Waals surface area contributed by atoms with E-state index in [1.165, 1.54) is 18.2 Å². The third-order valence-corrected chi connectivity index (χ3v) is 3.19. The highest BCUT2D eigenvalue weighted by molar-refractivity contribution is 6.31. The first-order valence-electron chi connectivity index (χ1n) is 6.53. The predicted molar refractivity (Wildman–Crippen MR) is 85.7 cm³/mol. The first kappa shape index (κ1) is 17.8. The van der Waals surface area contributed by atoms with Crippen molar-refractivity contribution in [1.29, 1.82) is 0 Å². The van der Waals surface area contributed by atoms with E-state index in [4.69, 9.17) is 11.6 Å². The Hall–Kier alpha value is -3.53. The molecule has 0 spiro atoms. The van der Waals surface area contributed by atoms with Gasteiger partial charge in [0.25, 0.3) is 17.3 Å². The van der Waals surface area contributed by atoms with Crippen LogP contribution >= 0.6 is 11.6 Å². The lowest BCUT2D eigenvalue weighted by molar-refractivity contribution is -0.398. The smallest absolute Gasteiger partial charge is 0.282 e. The minimum absolute atomic E-state index is 0.0576. The maximum absolute atomic E-state index is 11.9. The zero-order chi connectivity index (χ0) is 18.6. The van der Waals surface area contributed by atoms with Gasteiger partial charge in [-0.05, 0) is 23.4 Å². The van der Waals surface area contributed by atoms with E-state index >= 15 is 0 Å². The van der Waals surface area contributed by atoms with Crippen molar-refractivity contribution in [3.05, 3.63) is 72.8 Å². The highest BCUT2D eigenvalue weighted by Crippen LogP contribution is 2.29. The molecule has 0 aromatic heterocycles. The van der Waals surface area contributed by atoms with E-state index in [2.05, 4.69) is 5.10 Å². The minimum Gasteiger partial charge on any atom is -0.867 e. The molecule has 0 bridgehead atoms. The highest BCUT2D eigenvalue weighted by atomic mass is 35.5. The van der Waals surface area contributed by atoms with Crippen LogP contribution < -0.4 is 10.5 Å². The summed E-state index contributed by atoms with van der Waals surface area (Å²) < 4.78 is 0. The molecule has 2 aromatic carbocycles. The number of hydrogen-bond donors (Lipinski definition) is 1. The number of carbonyl (C=O) groups is 1. The molecule has 1 N–H and O–H groups in total. The van der Waals surface area contributed by atoms with Crippen LogP contribution in [0.5, 0.6) is 5.75 Å². The van der Waals surface area contributed by atoms with Gasteiger partial charge in [0, 0.05) is 17.2 Å². The van der Waals surface area contributed by atoms with Gasteiger partial charge in [-0.3, -0.25) is 25.0 Å². The molecule has 11 heteroatoms. The number of hydrazone groups is 1. The molecule has 2 rings (SSSR count). The standard InChI is InChI=1S/C14H9ClN4O6/c15-9-5-8(13(20)12(6-9)19(24)25)7-16-17-14(21)10-3-1-2-4-11(10)18(22)23/h1-7,20H,(H,17,21)/p-1/b16-7-. The van der Waals surface area contributed by atoms with E-state index in [1.54, 1.807) is 0 Å². The molecule has 0 aliphatic carbocycles. The molecule has 0 heterocycles. The molecule has 25 heavy (non-hydrogen) atoms. The monoisotopic (exact) mass is 363 g/mol. The van der Waals surface area contributed by atoms with Crippen LogP contribution in [0, 0.1) is 20.2 Å². The average Bonchev–Trinajstić information content (AvgIpc) is 2.57. The molecule has 10 nitrogen and oxygen atoms in total. The second kappa shape index (κ2) is 7.36. The van der Waals surface area contributed by atoms with Crippen molar-refractivity contribution in [2.45, 2.75) is 0 Å². The van der Waals surface area contributed by atoms with Gasteiger partial charge in [-0.2, -0.15) is 5.10 Å². The van der Waals surface area contributed by atoms with Crippen LogP contribution in [0.2, 0.25) is 5.02 Å². The van der Waals surface area contributed by atoms with Crippen molar-refractivity contribution in [3.8, 4) is 5.75 Å². The van der Waals surface area contributed by atoms with Gasteiger partial charge >= 0.3 is 0 Å². The fourth-order valence-corrected chi connectivity index (χ4v) is 2.10. The lowest BCUT2D eigenvalue weighted by Gasteiger charge is -2.10. The number of benzene rings is 2. The number of rotatable bonds is 5. The fourth-order valence-electron chi connectivity index (χ4n) is 1.88. The fraction of sp³-hybridized carbons (Fsp3) is 0. The molecule has 0 unspecified atom stereocenters.